The first-order valence-corrected chi connectivity index (χ1v) is 9.66. The summed E-state index contributed by atoms with van der Waals surface area (Å²) in [5, 5.41) is 0.831. The second-order valence-electron chi connectivity index (χ2n) is 6.56. The number of piperazine rings is 1. The van der Waals surface area contributed by atoms with E-state index in [1.807, 2.05) is 6.07 Å². The van der Waals surface area contributed by atoms with Gasteiger partial charge in [0.15, 0.2) is 0 Å². The van der Waals surface area contributed by atoms with E-state index in [1.165, 1.54) is 17.0 Å². The molecule has 8 heteroatoms. The largest absolute Gasteiger partial charge is 0.397 e. The number of pyridine rings is 1. The van der Waals surface area contributed by atoms with Gasteiger partial charge in [-0.25, -0.2) is 4.98 Å². The topological polar surface area (TPSA) is 114 Å². The van der Waals surface area contributed by atoms with Crippen molar-refractivity contribution in [1.29, 1.82) is 0 Å². The summed E-state index contributed by atoms with van der Waals surface area (Å²) in [7, 11) is 0. The van der Waals surface area contributed by atoms with E-state index in [-0.39, 0.29) is 0 Å². The van der Waals surface area contributed by atoms with E-state index in [0.29, 0.717) is 17.1 Å². The van der Waals surface area contributed by atoms with Crippen LogP contribution < -0.4 is 27.0 Å². The second kappa shape index (κ2) is 7.05. The van der Waals surface area contributed by atoms with Gasteiger partial charge in [0, 0.05) is 44.6 Å². The van der Waals surface area contributed by atoms with Crippen LogP contribution in [-0.2, 0) is 6.54 Å². The molecule has 1 amide bonds. The molecular weight excluding hydrogens is 360 g/mol. The Morgan fingerprint density at radius 3 is 2.37 bits per heavy atom. The Bertz CT molecular complexity index is 976. The van der Waals surface area contributed by atoms with Gasteiger partial charge in [-0.1, -0.05) is 12.1 Å². The highest BCUT2D eigenvalue weighted by molar-refractivity contribution is 7.21. The Morgan fingerprint density at radius 2 is 1.74 bits per heavy atom. The summed E-state index contributed by atoms with van der Waals surface area (Å²) in [6.07, 6.45) is 1.76. The van der Waals surface area contributed by atoms with E-state index in [0.717, 1.165) is 47.6 Å². The molecule has 1 aliphatic heterocycles. The van der Waals surface area contributed by atoms with Crippen molar-refractivity contribution in [1.82, 2.24) is 4.98 Å². The predicted octanol–water partition coefficient (Wildman–Crippen LogP) is 1.76. The molecule has 0 saturated carbocycles. The lowest BCUT2D eigenvalue weighted by molar-refractivity contribution is 0.100. The zero-order valence-electron chi connectivity index (χ0n) is 14.9. The minimum atomic E-state index is -0.507. The summed E-state index contributed by atoms with van der Waals surface area (Å²) in [4.78, 5) is 21.8. The zero-order valence-corrected chi connectivity index (χ0v) is 15.7. The van der Waals surface area contributed by atoms with E-state index in [9.17, 15) is 4.79 Å². The SMILES string of the molecule is NCc1ccc(N2CCN(c3ccnc4sc(C(N)=O)c(N)c34)CC2)cc1. The molecule has 0 radical (unpaired) electrons. The first kappa shape index (κ1) is 17.6. The Morgan fingerprint density at radius 1 is 1.07 bits per heavy atom. The lowest BCUT2D eigenvalue weighted by atomic mass is 10.1. The van der Waals surface area contributed by atoms with Crippen molar-refractivity contribution in [2.75, 3.05) is 41.7 Å². The molecule has 0 atom stereocenters. The number of anilines is 3. The van der Waals surface area contributed by atoms with Crippen molar-refractivity contribution < 1.29 is 4.79 Å². The highest BCUT2D eigenvalue weighted by Crippen LogP contribution is 2.38. The maximum absolute atomic E-state index is 11.6. The van der Waals surface area contributed by atoms with Gasteiger partial charge in [0.2, 0.25) is 0 Å². The van der Waals surface area contributed by atoms with Crippen LogP contribution in [0, 0.1) is 0 Å². The van der Waals surface area contributed by atoms with Crippen LogP contribution in [0.2, 0.25) is 0 Å². The van der Waals surface area contributed by atoms with E-state index >= 15 is 0 Å². The lowest BCUT2D eigenvalue weighted by Crippen LogP contribution is -2.46. The Hall–Kier alpha value is -2.84. The number of nitrogens with two attached hydrogens (primary N) is 3. The second-order valence-corrected chi connectivity index (χ2v) is 7.56. The van der Waals surface area contributed by atoms with Crippen LogP contribution in [0.1, 0.15) is 15.2 Å². The van der Waals surface area contributed by atoms with Gasteiger partial charge >= 0.3 is 0 Å². The number of hydrogen-bond acceptors (Lipinski definition) is 7. The number of rotatable bonds is 4. The summed E-state index contributed by atoms with van der Waals surface area (Å²) in [6.45, 7) is 4.08. The fourth-order valence-corrected chi connectivity index (χ4v) is 4.46. The smallest absolute Gasteiger partial charge is 0.260 e. The van der Waals surface area contributed by atoms with E-state index in [4.69, 9.17) is 17.2 Å². The van der Waals surface area contributed by atoms with Crippen LogP contribution in [0.3, 0.4) is 0 Å². The molecule has 0 unspecified atom stereocenters. The molecule has 3 heterocycles. The number of carbonyl (C=O) groups excluding carboxylic acids is 1. The van der Waals surface area contributed by atoms with Gasteiger partial charge in [-0.2, -0.15) is 0 Å². The summed E-state index contributed by atoms with van der Waals surface area (Å²) in [5.41, 5.74) is 21.1. The number of hydrogen-bond donors (Lipinski definition) is 3. The minimum absolute atomic E-state index is 0.378. The molecule has 2 aromatic heterocycles. The molecule has 1 aromatic carbocycles. The molecule has 0 bridgehead atoms. The summed E-state index contributed by atoms with van der Waals surface area (Å²) in [6, 6.07) is 10.4. The quantitative estimate of drug-likeness (QED) is 0.633. The molecule has 140 valence electrons. The molecule has 4 rings (SSSR count). The van der Waals surface area contributed by atoms with Crippen molar-refractivity contribution >= 4 is 44.5 Å². The molecule has 1 fully saturated rings. The average Bonchev–Trinajstić information content (AvgIpc) is 3.05. The van der Waals surface area contributed by atoms with Crippen molar-refractivity contribution in [3.8, 4) is 0 Å². The van der Waals surface area contributed by atoms with Crippen molar-refractivity contribution in [2.24, 2.45) is 11.5 Å². The number of aromatic nitrogens is 1. The van der Waals surface area contributed by atoms with E-state index in [2.05, 4.69) is 39.0 Å². The average molecular weight is 382 g/mol. The van der Waals surface area contributed by atoms with Crippen LogP contribution in [0.5, 0.6) is 0 Å². The highest BCUT2D eigenvalue weighted by Gasteiger charge is 2.23. The maximum atomic E-state index is 11.6. The molecule has 0 aliphatic carbocycles. The van der Waals surface area contributed by atoms with Gasteiger partial charge in [-0.3, -0.25) is 4.79 Å². The van der Waals surface area contributed by atoms with Crippen molar-refractivity contribution in [3.63, 3.8) is 0 Å². The number of benzene rings is 1. The van der Waals surface area contributed by atoms with Gasteiger partial charge in [0.1, 0.15) is 9.71 Å². The predicted molar refractivity (Wildman–Crippen MR) is 111 cm³/mol. The fraction of sp³-hybridized carbons (Fsp3) is 0.263. The Balaban J connectivity index is 1.56. The summed E-state index contributed by atoms with van der Waals surface area (Å²) in [5.74, 6) is -0.507. The normalized spacial score (nSPS) is 14.7. The number of fused-ring (bicyclic) bond motifs is 1. The monoisotopic (exact) mass is 382 g/mol. The van der Waals surface area contributed by atoms with Crippen molar-refractivity contribution in [3.05, 3.63) is 47.0 Å². The van der Waals surface area contributed by atoms with E-state index < -0.39 is 5.91 Å². The third-order valence-electron chi connectivity index (χ3n) is 4.99. The van der Waals surface area contributed by atoms with Gasteiger partial charge in [0.25, 0.3) is 5.91 Å². The Labute approximate surface area is 161 Å². The maximum Gasteiger partial charge on any atom is 0.260 e. The molecule has 7 nitrogen and oxygen atoms in total. The third kappa shape index (κ3) is 3.17. The molecule has 1 aliphatic rings. The standard InChI is InChI=1S/C19H22N6OS/c20-11-12-1-3-13(4-2-12)24-7-9-25(10-8-24)14-5-6-23-19-15(14)16(21)17(27-19)18(22)26/h1-6H,7-11,20-21H2,(H2,22,26). The van der Waals surface area contributed by atoms with Crippen LogP contribution in [0.25, 0.3) is 10.2 Å². The third-order valence-corrected chi connectivity index (χ3v) is 6.12. The minimum Gasteiger partial charge on any atom is -0.397 e. The number of nitrogens with zero attached hydrogens (tertiary/aromatic N) is 3. The van der Waals surface area contributed by atoms with Crippen molar-refractivity contribution in [2.45, 2.75) is 6.54 Å². The fourth-order valence-electron chi connectivity index (χ4n) is 3.52. The van der Waals surface area contributed by atoms with Crippen LogP contribution >= 0.6 is 11.3 Å². The molecule has 3 aromatic rings. The highest BCUT2D eigenvalue weighted by atomic mass is 32.1. The first-order valence-electron chi connectivity index (χ1n) is 8.84. The summed E-state index contributed by atoms with van der Waals surface area (Å²) >= 11 is 1.25. The number of carbonyl (C=O) groups is 1. The van der Waals surface area contributed by atoms with Gasteiger partial charge in [-0.15, -0.1) is 11.3 Å². The number of thiophene rings is 1. The number of amides is 1. The molecule has 27 heavy (non-hydrogen) atoms. The van der Waals surface area contributed by atoms with E-state index in [1.54, 1.807) is 6.20 Å². The number of nitrogen functional groups attached to an aromatic ring is 1. The molecule has 6 N–H and O–H groups in total. The Kier molecular flexibility index (Phi) is 4.59. The van der Waals surface area contributed by atoms with Gasteiger partial charge < -0.3 is 27.0 Å². The summed E-state index contributed by atoms with van der Waals surface area (Å²) < 4.78 is 0. The van der Waals surface area contributed by atoms with Crippen LogP contribution in [0.4, 0.5) is 17.1 Å². The van der Waals surface area contributed by atoms with Crippen LogP contribution in [0.15, 0.2) is 36.5 Å². The zero-order chi connectivity index (χ0) is 19.0. The first-order chi connectivity index (χ1) is 13.1. The lowest BCUT2D eigenvalue weighted by Gasteiger charge is -2.37. The van der Waals surface area contributed by atoms with Gasteiger partial charge in [-0.05, 0) is 23.8 Å². The van der Waals surface area contributed by atoms with Crippen LogP contribution in [-0.4, -0.2) is 37.1 Å². The molecular formula is C19H22N6OS. The molecule has 1 saturated heterocycles. The molecule has 0 spiro atoms. The number of primary amides is 1. The van der Waals surface area contributed by atoms with Gasteiger partial charge in [0.05, 0.1) is 16.8 Å².